The molecule has 0 unspecified atom stereocenters. The molecule has 1 amide bonds. The first-order valence-electron chi connectivity index (χ1n) is 7.44. The molecule has 2 rings (SSSR count). The van der Waals surface area contributed by atoms with Crippen LogP contribution in [0, 0.1) is 6.92 Å². The van der Waals surface area contributed by atoms with E-state index >= 15 is 0 Å². The van der Waals surface area contributed by atoms with E-state index in [2.05, 4.69) is 25.7 Å². The third-order valence-electron chi connectivity index (χ3n) is 3.68. The second-order valence-corrected chi connectivity index (χ2v) is 5.35. The Balaban J connectivity index is 1.59. The van der Waals surface area contributed by atoms with E-state index in [1.54, 1.807) is 0 Å². The average molecular weight is 279 g/mol. The van der Waals surface area contributed by atoms with Crippen molar-refractivity contribution in [2.45, 2.75) is 26.2 Å². The predicted octanol–water partition coefficient (Wildman–Crippen LogP) is 0.0622. The SMILES string of the molecule is Cc1[nH]ncc1CCCNC(=O)CN1CCCNCC1. The number of carbonyl (C=O) groups excluding carboxylic acids is 1. The summed E-state index contributed by atoms with van der Waals surface area (Å²) in [6, 6.07) is 0. The van der Waals surface area contributed by atoms with E-state index in [4.69, 9.17) is 0 Å². The number of nitrogens with one attached hydrogen (secondary N) is 3. The Morgan fingerprint density at radius 3 is 3.15 bits per heavy atom. The monoisotopic (exact) mass is 279 g/mol. The predicted molar refractivity (Wildman–Crippen MR) is 78.6 cm³/mol. The van der Waals surface area contributed by atoms with E-state index < -0.39 is 0 Å². The van der Waals surface area contributed by atoms with Crippen LogP contribution >= 0.6 is 0 Å². The number of carbonyl (C=O) groups is 1. The molecule has 0 saturated carbocycles. The molecule has 1 aliphatic rings. The van der Waals surface area contributed by atoms with Crippen LogP contribution in [0.4, 0.5) is 0 Å². The molecule has 1 aromatic heterocycles. The maximum Gasteiger partial charge on any atom is 0.234 e. The van der Waals surface area contributed by atoms with Gasteiger partial charge in [0.2, 0.25) is 5.91 Å². The number of nitrogens with zero attached hydrogens (tertiary/aromatic N) is 2. The fourth-order valence-electron chi connectivity index (χ4n) is 2.45. The molecule has 2 heterocycles. The molecule has 0 spiro atoms. The fourth-order valence-corrected chi connectivity index (χ4v) is 2.45. The summed E-state index contributed by atoms with van der Waals surface area (Å²) in [5.41, 5.74) is 2.35. The van der Waals surface area contributed by atoms with Crippen LogP contribution in [0.5, 0.6) is 0 Å². The van der Waals surface area contributed by atoms with Gasteiger partial charge >= 0.3 is 0 Å². The van der Waals surface area contributed by atoms with Crippen LogP contribution in [-0.4, -0.2) is 60.3 Å². The van der Waals surface area contributed by atoms with E-state index in [9.17, 15) is 4.79 Å². The van der Waals surface area contributed by atoms with Gasteiger partial charge in [-0.3, -0.25) is 14.8 Å². The Hall–Kier alpha value is -1.40. The summed E-state index contributed by atoms with van der Waals surface area (Å²) in [6.07, 6.45) is 4.89. The van der Waals surface area contributed by atoms with Crippen molar-refractivity contribution in [1.29, 1.82) is 0 Å². The summed E-state index contributed by atoms with van der Waals surface area (Å²) in [4.78, 5) is 14.1. The highest BCUT2D eigenvalue weighted by Gasteiger charge is 2.12. The van der Waals surface area contributed by atoms with Crippen molar-refractivity contribution in [3.8, 4) is 0 Å². The summed E-state index contributed by atoms with van der Waals surface area (Å²) < 4.78 is 0. The summed E-state index contributed by atoms with van der Waals surface area (Å²) in [5, 5.41) is 13.3. The zero-order valence-electron chi connectivity index (χ0n) is 12.2. The van der Waals surface area contributed by atoms with Gasteiger partial charge in [-0.25, -0.2) is 0 Å². The van der Waals surface area contributed by atoms with Crippen LogP contribution < -0.4 is 10.6 Å². The normalized spacial score (nSPS) is 16.9. The molecule has 1 aliphatic heterocycles. The first-order valence-corrected chi connectivity index (χ1v) is 7.44. The number of amides is 1. The van der Waals surface area contributed by atoms with Crippen molar-refractivity contribution in [2.75, 3.05) is 39.3 Å². The van der Waals surface area contributed by atoms with E-state index in [-0.39, 0.29) is 5.91 Å². The summed E-state index contributed by atoms with van der Waals surface area (Å²) in [7, 11) is 0. The number of H-pyrrole nitrogens is 1. The third kappa shape index (κ3) is 4.94. The lowest BCUT2D eigenvalue weighted by Gasteiger charge is -2.18. The Morgan fingerprint density at radius 2 is 2.35 bits per heavy atom. The number of hydrogen-bond donors (Lipinski definition) is 3. The second kappa shape index (κ2) is 8.01. The molecule has 0 radical (unpaired) electrons. The molecule has 6 nitrogen and oxygen atoms in total. The van der Waals surface area contributed by atoms with Crippen molar-refractivity contribution in [3.63, 3.8) is 0 Å². The molecule has 112 valence electrons. The van der Waals surface area contributed by atoms with Crippen LogP contribution in [0.15, 0.2) is 6.20 Å². The van der Waals surface area contributed by atoms with Crippen LogP contribution in [-0.2, 0) is 11.2 Å². The van der Waals surface area contributed by atoms with Crippen molar-refractivity contribution >= 4 is 5.91 Å². The lowest BCUT2D eigenvalue weighted by molar-refractivity contribution is -0.122. The van der Waals surface area contributed by atoms with Crippen LogP contribution in [0.25, 0.3) is 0 Å². The number of rotatable bonds is 6. The highest BCUT2D eigenvalue weighted by molar-refractivity contribution is 5.77. The summed E-state index contributed by atoms with van der Waals surface area (Å²) in [6.45, 7) is 7.28. The minimum absolute atomic E-state index is 0.135. The topological polar surface area (TPSA) is 73.0 Å². The first kappa shape index (κ1) is 15.0. The van der Waals surface area contributed by atoms with Gasteiger partial charge < -0.3 is 10.6 Å². The number of aromatic amines is 1. The molecule has 1 fully saturated rings. The highest BCUT2D eigenvalue weighted by Crippen LogP contribution is 2.05. The highest BCUT2D eigenvalue weighted by atomic mass is 16.2. The van der Waals surface area contributed by atoms with Gasteiger partial charge in [-0.05, 0) is 44.8 Å². The minimum atomic E-state index is 0.135. The second-order valence-electron chi connectivity index (χ2n) is 5.35. The maximum atomic E-state index is 11.9. The molecule has 0 bridgehead atoms. The van der Waals surface area contributed by atoms with Gasteiger partial charge in [0.05, 0.1) is 12.7 Å². The van der Waals surface area contributed by atoms with Gasteiger partial charge in [0, 0.05) is 25.3 Å². The standard InChI is InChI=1S/C14H25N5O/c1-12-13(10-17-18-12)4-2-6-16-14(20)11-19-8-3-5-15-7-9-19/h10,15H,2-9,11H2,1H3,(H,16,20)(H,17,18). The van der Waals surface area contributed by atoms with E-state index in [1.165, 1.54) is 5.56 Å². The Labute approximate surface area is 120 Å². The molecule has 6 heteroatoms. The van der Waals surface area contributed by atoms with Crippen LogP contribution in [0.1, 0.15) is 24.1 Å². The molecular weight excluding hydrogens is 254 g/mol. The summed E-state index contributed by atoms with van der Waals surface area (Å²) >= 11 is 0. The maximum absolute atomic E-state index is 11.9. The van der Waals surface area contributed by atoms with Crippen LogP contribution in [0.2, 0.25) is 0 Å². The van der Waals surface area contributed by atoms with E-state index in [0.29, 0.717) is 6.54 Å². The zero-order chi connectivity index (χ0) is 14.2. The molecule has 20 heavy (non-hydrogen) atoms. The molecule has 0 aromatic carbocycles. The molecule has 0 atom stereocenters. The van der Waals surface area contributed by atoms with E-state index in [1.807, 2.05) is 13.1 Å². The Kier molecular flexibility index (Phi) is 6.01. The largest absolute Gasteiger partial charge is 0.355 e. The molecule has 1 aromatic rings. The Morgan fingerprint density at radius 1 is 1.45 bits per heavy atom. The smallest absolute Gasteiger partial charge is 0.234 e. The van der Waals surface area contributed by atoms with Crippen molar-refractivity contribution in [2.24, 2.45) is 0 Å². The minimum Gasteiger partial charge on any atom is -0.355 e. The van der Waals surface area contributed by atoms with Crippen molar-refractivity contribution in [1.82, 2.24) is 25.7 Å². The zero-order valence-corrected chi connectivity index (χ0v) is 12.2. The van der Waals surface area contributed by atoms with Gasteiger partial charge in [-0.15, -0.1) is 0 Å². The number of aromatic nitrogens is 2. The quantitative estimate of drug-likeness (QED) is 0.644. The fraction of sp³-hybridized carbons (Fsp3) is 0.714. The third-order valence-corrected chi connectivity index (χ3v) is 3.68. The lowest BCUT2D eigenvalue weighted by atomic mass is 10.1. The average Bonchev–Trinajstić information content (AvgIpc) is 2.68. The van der Waals surface area contributed by atoms with Gasteiger partial charge in [-0.1, -0.05) is 0 Å². The van der Waals surface area contributed by atoms with E-state index in [0.717, 1.165) is 57.7 Å². The molecular formula is C14H25N5O. The summed E-state index contributed by atoms with van der Waals surface area (Å²) in [5.74, 6) is 0.135. The number of hydrogen-bond acceptors (Lipinski definition) is 4. The van der Waals surface area contributed by atoms with Gasteiger partial charge in [0.25, 0.3) is 0 Å². The van der Waals surface area contributed by atoms with Crippen LogP contribution in [0.3, 0.4) is 0 Å². The number of aryl methyl sites for hydroxylation is 2. The molecule has 3 N–H and O–H groups in total. The lowest BCUT2D eigenvalue weighted by Crippen LogP contribution is -2.39. The van der Waals surface area contributed by atoms with Gasteiger partial charge in [-0.2, -0.15) is 5.10 Å². The first-order chi connectivity index (χ1) is 9.75. The van der Waals surface area contributed by atoms with Crippen molar-refractivity contribution < 1.29 is 4.79 Å². The molecule has 0 aliphatic carbocycles. The Bertz CT molecular complexity index is 409. The van der Waals surface area contributed by atoms with Crippen molar-refractivity contribution in [3.05, 3.63) is 17.5 Å². The van der Waals surface area contributed by atoms with Gasteiger partial charge in [0.15, 0.2) is 0 Å². The molecule has 1 saturated heterocycles. The van der Waals surface area contributed by atoms with Gasteiger partial charge in [0.1, 0.15) is 0 Å².